The topological polar surface area (TPSA) is 63.0 Å². The summed E-state index contributed by atoms with van der Waals surface area (Å²) in [4.78, 5) is 11.5. The largest absolute Gasteiger partial charge is 0.469 e. The van der Waals surface area contributed by atoms with Crippen molar-refractivity contribution in [2.75, 3.05) is 14.2 Å². The highest BCUT2D eigenvalue weighted by atomic mass is 19.1. The van der Waals surface area contributed by atoms with Crippen LogP contribution in [-0.4, -0.2) is 25.8 Å². The van der Waals surface area contributed by atoms with Crippen molar-refractivity contribution in [2.45, 2.75) is 51.6 Å². The van der Waals surface area contributed by atoms with Crippen LogP contribution in [0.25, 0.3) is 0 Å². The van der Waals surface area contributed by atoms with Crippen molar-refractivity contribution in [3.63, 3.8) is 0 Å². The minimum Gasteiger partial charge on any atom is -0.469 e. The fraction of sp³-hybridized carbons (Fsp3) is 0.786. The summed E-state index contributed by atoms with van der Waals surface area (Å²) in [7, 11) is 2.94. The molecule has 0 saturated heterocycles. The van der Waals surface area contributed by atoms with Crippen molar-refractivity contribution in [3.05, 3.63) is 11.3 Å². The maximum Gasteiger partial charge on any atom is 0.305 e. The van der Waals surface area contributed by atoms with Crippen LogP contribution >= 0.6 is 0 Å². The van der Waals surface area contributed by atoms with Crippen molar-refractivity contribution >= 4 is 5.97 Å². The van der Waals surface area contributed by atoms with Gasteiger partial charge in [-0.2, -0.15) is 0 Å². The lowest BCUT2D eigenvalue weighted by Crippen LogP contribution is -2.35. The Morgan fingerprint density at radius 2 is 2.25 bits per heavy atom. The maximum atomic E-state index is 15.3. The molecule has 0 aliphatic heterocycles. The van der Waals surface area contributed by atoms with Gasteiger partial charge in [0.15, 0.2) is 5.67 Å². The Kier molecular flexibility index (Phi) is 6.10. The van der Waals surface area contributed by atoms with E-state index in [1.165, 1.54) is 14.0 Å². The van der Waals surface area contributed by atoms with E-state index in [0.29, 0.717) is 12.1 Å². The van der Waals surface area contributed by atoms with E-state index in [0.717, 1.165) is 24.8 Å². The summed E-state index contributed by atoms with van der Waals surface area (Å²) < 4.78 is 19.9. The first-order valence-electron chi connectivity index (χ1n) is 6.96. The van der Waals surface area contributed by atoms with Crippen LogP contribution in [0.2, 0.25) is 0 Å². The Hall–Kier alpha value is -1.46. The van der Waals surface area contributed by atoms with Crippen LogP contribution in [0.4, 0.5) is 4.39 Å². The van der Waals surface area contributed by atoms with Crippen molar-refractivity contribution in [2.24, 2.45) is 16.3 Å². The molecule has 6 heteroatoms. The first-order chi connectivity index (χ1) is 9.43. The van der Waals surface area contributed by atoms with Crippen molar-refractivity contribution in [1.82, 2.24) is 5.43 Å². The molecule has 2 unspecified atom stereocenters. The van der Waals surface area contributed by atoms with E-state index in [4.69, 9.17) is 0 Å². The Labute approximate surface area is 119 Å². The van der Waals surface area contributed by atoms with E-state index < -0.39 is 11.6 Å². The average molecular weight is 285 g/mol. The zero-order valence-corrected chi connectivity index (χ0v) is 12.7. The second-order valence-corrected chi connectivity index (χ2v) is 5.35. The third-order valence-corrected chi connectivity index (χ3v) is 3.88. The van der Waals surface area contributed by atoms with E-state index in [2.05, 4.69) is 20.5 Å². The molecule has 0 bridgehead atoms. The van der Waals surface area contributed by atoms with Crippen LogP contribution in [0.3, 0.4) is 0 Å². The monoisotopic (exact) mass is 285 g/mol. The molecule has 0 fully saturated rings. The van der Waals surface area contributed by atoms with Crippen LogP contribution in [0.1, 0.15) is 46.0 Å². The number of carbonyl (C=O) groups is 1. The minimum atomic E-state index is -1.68. The van der Waals surface area contributed by atoms with Crippen LogP contribution in [0, 0.1) is 5.92 Å². The first-order valence-corrected chi connectivity index (χ1v) is 6.96. The Morgan fingerprint density at radius 3 is 2.85 bits per heavy atom. The molecular formula is C14H24FN3O2. The van der Waals surface area contributed by atoms with E-state index in [9.17, 15) is 4.79 Å². The molecule has 0 radical (unpaired) electrons. The summed E-state index contributed by atoms with van der Waals surface area (Å²) in [5.74, 6) is -0.821. The van der Waals surface area contributed by atoms with Gasteiger partial charge in [-0.3, -0.25) is 10.2 Å². The van der Waals surface area contributed by atoms with Gasteiger partial charge < -0.3 is 4.74 Å². The molecule has 1 aliphatic rings. The quantitative estimate of drug-likeness (QED) is 0.489. The van der Waals surface area contributed by atoms with E-state index >= 15 is 4.39 Å². The Balaban J connectivity index is 3.10. The molecular weight excluding hydrogens is 261 g/mol. The third kappa shape index (κ3) is 4.02. The van der Waals surface area contributed by atoms with Gasteiger partial charge in [-0.1, -0.05) is 11.6 Å². The molecule has 1 aliphatic carbocycles. The van der Waals surface area contributed by atoms with Gasteiger partial charge in [0.25, 0.3) is 0 Å². The smallest absolute Gasteiger partial charge is 0.305 e. The number of halogens is 1. The van der Waals surface area contributed by atoms with Gasteiger partial charge in [0, 0.05) is 13.0 Å². The molecule has 1 rings (SSSR count). The minimum absolute atomic E-state index is 0.0648. The summed E-state index contributed by atoms with van der Waals surface area (Å²) in [6, 6.07) is 0. The number of rotatable bonds is 4. The number of alkyl halides is 1. The predicted octanol–water partition coefficient (Wildman–Crippen LogP) is 3.33. The average Bonchev–Trinajstić information content (AvgIpc) is 2.40. The zero-order chi connectivity index (χ0) is 15.2. The van der Waals surface area contributed by atoms with Gasteiger partial charge >= 0.3 is 5.97 Å². The van der Waals surface area contributed by atoms with Gasteiger partial charge in [0.05, 0.1) is 13.5 Å². The number of nitrogens with one attached hydrogen (secondary N) is 1. The standard InChI is InChI=1S/C14H24FN3O2/c1-10-7-5-6-8-11(9-12(19)20-4)14(2,15)13(10)17-18-16-3/h11H,5-9H2,1-4H3,(H,16,17)/b13-10+. The SMILES string of the molecule is CN/N=N\C1=C(/C)CCCCC(CC(=O)OC)C1(C)F. The van der Waals surface area contributed by atoms with Crippen molar-refractivity contribution in [1.29, 1.82) is 0 Å². The summed E-state index contributed by atoms with van der Waals surface area (Å²) in [6.07, 6.45) is 3.39. The van der Waals surface area contributed by atoms with Crippen LogP contribution < -0.4 is 5.43 Å². The molecule has 20 heavy (non-hydrogen) atoms. The van der Waals surface area contributed by atoms with E-state index in [1.807, 2.05) is 6.92 Å². The fourth-order valence-corrected chi connectivity index (χ4v) is 2.64. The van der Waals surface area contributed by atoms with Crippen molar-refractivity contribution in [3.8, 4) is 0 Å². The molecule has 0 aromatic rings. The Bertz CT molecular complexity index is 405. The maximum absolute atomic E-state index is 15.3. The van der Waals surface area contributed by atoms with Gasteiger partial charge in [-0.15, -0.1) is 5.11 Å². The van der Waals surface area contributed by atoms with Gasteiger partial charge in [0.1, 0.15) is 5.70 Å². The summed E-state index contributed by atoms with van der Waals surface area (Å²) >= 11 is 0. The summed E-state index contributed by atoms with van der Waals surface area (Å²) in [5.41, 5.74) is 2.09. The molecule has 0 amide bonds. The number of nitrogens with zero attached hydrogens (tertiary/aromatic N) is 2. The molecule has 0 saturated carbocycles. The molecule has 5 nitrogen and oxygen atoms in total. The lowest BCUT2D eigenvalue weighted by Gasteiger charge is -2.32. The van der Waals surface area contributed by atoms with Gasteiger partial charge in [-0.05, 0) is 38.7 Å². The van der Waals surface area contributed by atoms with Gasteiger partial charge in [-0.25, -0.2) is 4.39 Å². The van der Waals surface area contributed by atoms with Gasteiger partial charge in [0.2, 0.25) is 0 Å². The lowest BCUT2D eigenvalue weighted by atomic mass is 9.78. The van der Waals surface area contributed by atoms with E-state index in [-0.39, 0.29) is 12.4 Å². The molecule has 0 aromatic heterocycles. The zero-order valence-electron chi connectivity index (χ0n) is 12.7. The van der Waals surface area contributed by atoms with Crippen LogP contribution in [0.5, 0.6) is 0 Å². The molecule has 0 spiro atoms. The lowest BCUT2D eigenvalue weighted by molar-refractivity contribution is -0.143. The molecule has 1 N–H and O–H groups in total. The first kappa shape index (κ1) is 16.6. The molecule has 0 heterocycles. The highest BCUT2D eigenvalue weighted by Gasteiger charge is 2.41. The van der Waals surface area contributed by atoms with Crippen LogP contribution in [-0.2, 0) is 9.53 Å². The summed E-state index contributed by atoms with van der Waals surface area (Å²) in [5, 5.41) is 7.70. The second-order valence-electron chi connectivity index (χ2n) is 5.35. The number of hydrogen-bond donors (Lipinski definition) is 1. The number of methoxy groups -OCH3 is 1. The number of carbonyl (C=O) groups excluding carboxylic acids is 1. The van der Waals surface area contributed by atoms with Crippen molar-refractivity contribution < 1.29 is 13.9 Å². The Morgan fingerprint density at radius 1 is 1.55 bits per heavy atom. The molecule has 0 aromatic carbocycles. The second kappa shape index (κ2) is 7.36. The summed E-state index contributed by atoms with van der Waals surface area (Å²) in [6.45, 7) is 3.36. The normalized spacial score (nSPS) is 31.8. The molecule has 2 atom stereocenters. The fourth-order valence-electron chi connectivity index (χ4n) is 2.64. The number of allylic oxidation sites excluding steroid dienone is 2. The van der Waals surface area contributed by atoms with E-state index in [1.54, 1.807) is 7.05 Å². The predicted molar refractivity (Wildman–Crippen MR) is 74.7 cm³/mol. The molecule has 114 valence electrons. The van der Waals surface area contributed by atoms with Crippen LogP contribution in [0.15, 0.2) is 21.6 Å². The highest BCUT2D eigenvalue weighted by molar-refractivity contribution is 5.69. The highest BCUT2D eigenvalue weighted by Crippen LogP contribution is 2.41. The number of ether oxygens (including phenoxy) is 1. The number of hydrogen-bond acceptors (Lipinski definition) is 4. The third-order valence-electron chi connectivity index (χ3n) is 3.88. The number of esters is 1.